The van der Waals surface area contributed by atoms with E-state index in [9.17, 15) is 19.2 Å². The number of quaternary nitrogens is 1. The number of benzene rings is 2. The van der Waals surface area contributed by atoms with Crippen LogP contribution in [-0.4, -0.2) is 79.5 Å². The maximum Gasteiger partial charge on any atom is 0.606 e. The van der Waals surface area contributed by atoms with Crippen molar-refractivity contribution in [3.05, 3.63) is 64.1 Å². The van der Waals surface area contributed by atoms with Gasteiger partial charge in [0, 0.05) is 17.8 Å². The molecule has 5 rings (SSSR count). The molecule has 2 N–H and O–H groups in total. The first-order valence-corrected chi connectivity index (χ1v) is 14.0. The van der Waals surface area contributed by atoms with E-state index < -0.39 is 48.5 Å². The van der Waals surface area contributed by atoms with Crippen LogP contribution in [0, 0.1) is 5.92 Å². The summed E-state index contributed by atoms with van der Waals surface area (Å²) < 4.78 is 12.0. The lowest BCUT2D eigenvalue weighted by atomic mass is 9.56. The average Bonchev–Trinajstić information content (AvgIpc) is 3.28. The summed E-state index contributed by atoms with van der Waals surface area (Å²) in [5.74, 6) is -2.76. The highest BCUT2D eigenvalue weighted by Crippen LogP contribution is 2.47. The van der Waals surface area contributed by atoms with E-state index in [1.165, 1.54) is 12.1 Å². The number of carbonyl (C=O) groups is 4. The van der Waals surface area contributed by atoms with E-state index in [1.54, 1.807) is 6.07 Å². The molecule has 3 aliphatic heterocycles. The SMILES string of the molecule is CC(C)C[C@H](NC(=O)CNC(=O)c1cc(Cl)ccc1Cl)[B-]12OC(=O)[C@@H]3CN(c4ccccc4)C[C@@H](C(=O)O1)[N+]32C. The lowest BCUT2D eigenvalue weighted by molar-refractivity contribution is -0.845. The molecule has 0 saturated carbocycles. The second kappa shape index (κ2) is 10.6. The zero-order valence-corrected chi connectivity index (χ0v) is 23.9. The number of anilines is 1. The van der Waals surface area contributed by atoms with Crippen LogP contribution < -0.4 is 15.5 Å². The first-order chi connectivity index (χ1) is 19.0. The molecule has 13 heteroatoms. The molecule has 0 spiro atoms. The summed E-state index contributed by atoms with van der Waals surface area (Å²) in [6.45, 7) is 1.60. The summed E-state index contributed by atoms with van der Waals surface area (Å²) in [5, 5.41) is 5.99. The molecule has 2 amide bonds. The Morgan fingerprint density at radius 3 is 2.27 bits per heavy atom. The lowest BCUT2D eigenvalue weighted by Crippen LogP contribution is -2.78. The molecule has 0 unspecified atom stereocenters. The third-order valence-electron chi connectivity index (χ3n) is 8.30. The Labute approximate surface area is 242 Å². The van der Waals surface area contributed by atoms with Crippen molar-refractivity contribution in [2.24, 2.45) is 5.92 Å². The van der Waals surface area contributed by atoms with Gasteiger partial charge in [-0.15, -0.1) is 0 Å². The molecule has 3 aliphatic rings. The number of hydrogen-bond acceptors (Lipinski definition) is 7. The number of para-hydroxylation sites is 1. The van der Waals surface area contributed by atoms with Gasteiger partial charge >= 0.3 is 18.6 Å². The monoisotopic (exact) mass is 588 g/mol. The van der Waals surface area contributed by atoms with Gasteiger partial charge in [-0.3, -0.25) is 9.59 Å². The quantitative estimate of drug-likeness (QED) is 0.456. The fourth-order valence-electron chi connectivity index (χ4n) is 6.34. The van der Waals surface area contributed by atoms with Gasteiger partial charge in [0.1, 0.15) is 0 Å². The highest BCUT2D eigenvalue weighted by atomic mass is 35.5. The second-order valence-electron chi connectivity index (χ2n) is 11.2. The van der Waals surface area contributed by atoms with Gasteiger partial charge in [0.25, 0.3) is 5.91 Å². The first kappa shape index (κ1) is 28.3. The van der Waals surface area contributed by atoms with Crippen LogP contribution in [0.1, 0.15) is 30.6 Å². The van der Waals surface area contributed by atoms with E-state index in [1.807, 2.05) is 56.1 Å². The molecular weight excluding hydrogens is 558 g/mol. The van der Waals surface area contributed by atoms with Crippen molar-refractivity contribution in [3.8, 4) is 0 Å². The number of likely N-dealkylation sites (N-methyl/N-ethyl adjacent to an activating group) is 1. The van der Waals surface area contributed by atoms with Crippen molar-refractivity contribution in [1.82, 2.24) is 10.6 Å². The number of halogens is 2. The molecule has 0 bridgehead atoms. The molecular formula is C27H31BCl2N4O6. The average molecular weight is 589 g/mol. The van der Waals surface area contributed by atoms with E-state index in [0.29, 0.717) is 24.5 Å². The van der Waals surface area contributed by atoms with Crippen LogP contribution in [-0.2, 0) is 23.7 Å². The Morgan fingerprint density at radius 2 is 1.68 bits per heavy atom. The zero-order valence-electron chi connectivity index (χ0n) is 22.4. The Morgan fingerprint density at radius 1 is 1.05 bits per heavy atom. The van der Waals surface area contributed by atoms with Gasteiger partial charge in [-0.2, -0.15) is 0 Å². The van der Waals surface area contributed by atoms with Crippen molar-refractivity contribution in [1.29, 1.82) is 0 Å². The lowest BCUT2D eigenvalue weighted by Gasteiger charge is -2.54. The van der Waals surface area contributed by atoms with Crippen molar-refractivity contribution < 1.29 is 32.9 Å². The molecule has 3 fully saturated rings. The molecule has 3 atom stereocenters. The van der Waals surface area contributed by atoms with Crippen LogP contribution in [0.15, 0.2) is 48.5 Å². The molecule has 212 valence electrons. The number of piperazine rings is 1. The maximum atomic E-state index is 13.4. The number of nitrogens with zero attached hydrogens (tertiary/aromatic N) is 2. The van der Waals surface area contributed by atoms with Crippen molar-refractivity contribution in [3.63, 3.8) is 0 Å². The predicted molar refractivity (Wildman–Crippen MR) is 151 cm³/mol. The Kier molecular flexibility index (Phi) is 7.49. The van der Waals surface area contributed by atoms with Crippen molar-refractivity contribution in [2.75, 3.05) is 31.6 Å². The number of nitrogens with one attached hydrogen (secondary N) is 2. The second-order valence-corrected chi connectivity index (χ2v) is 12.1. The largest absolute Gasteiger partial charge is 0.606 e. The van der Waals surface area contributed by atoms with Crippen molar-refractivity contribution >= 4 is 59.3 Å². The van der Waals surface area contributed by atoms with Gasteiger partial charge in [0.2, 0.25) is 5.91 Å². The molecule has 40 heavy (non-hydrogen) atoms. The molecule has 2 aromatic rings. The smallest absolute Gasteiger partial charge is 0.599 e. The highest BCUT2D eigenvalue weighted by Gasteiger charge is 2.78. The third-order valence-corrected chi connectivity index (χ3v) is 8.87. The minimum atomic E-state index is -2.63. The molecule has 0 radical (unpaired) electrons. The van der Waals surface area contributed by atoms with Crippen LogP contribution in [0.2, 0.25) is 10.0 Å². The first-order valence-electron chi connectivity index (χ1n) is 13.2. The van der Waals surface area contributed by atoms with E-state index in [2.05, 4.69) is 10.6 Å². The van der Waals surface area contributed by atoms with Crippen LogP contribution >= 0.6 is 23.2 Å². The van der Waals surface area contributed by atoms with Gasteiger partial charge in [0.05, 0.1) is 36.2 Å². The summed E-state index contributed by atoms with van der Waals surface area (Å²) in [7, 11) is 1.82. The minimum Gasteiger partial charge on any atom is -0.599 e. The molecule has 3 saturated heterocycles. The minimum absolute atomic E-state index is 0.0524. The number of hydrogen-bond donors (Lipinski definition) is 2. The van der Waals surface area contributed by atoms with Crippen LogP contribution in [0.5, 0.6) is 0 Å². The Balaban J connectivity index is 1.38. The normalized spacial score (nSPS) is 27.6. The van der Waals surface area contributed by atoms with Crippen LogP contribution in [0.4, 0.5) is 5.69 Å². The van der Waals surface area contributed by atoms with E-state index in [4.69, 9.17) is 32.5 Å². The molecule has 10 nitrogen and oxygen atoms in total. The number of rotatable bonds is 8. The number of carbonyl (C=O) groups excluding carboxylic acids is 4. The van der Waals surface area contributed by atoms with Gasteiger partial charge in [-0.1, -0.05) is 55.2 Å². The fraction of sp³-hybridized carbons (Fsp3) is 0.407. The molecule has 0 aliphatic carbocycles. The Hall–Kier alpha value is -3.28. The van der Waals surface area contributed by atoms with Gasteiger partial charge in [0.15, 0.2) is 12.1 Å². The zero-order chi connectivity index (χ0) is 28.8. The Bertz CT molecular complexity index is 1330. The van der Waals surface area contributed by atoms with Crippen molar-refractivity contribution in [2.45, 2.75) is 38.3 Å². The summed E-state index contributed by atoms with van der Waals surface area (Å²) in [5.41, 5.74) is 1.03. The molecule has 2 aromatic carbocycles. The maximum absolute atomic E-state index is 13.4. The van der Waals surface area contributed by atoms with E-state index >= 15 is 0 Å². The standard InChI is InChI=1S/C27H31BCl2N4O6/c1-16(2)11-23(32-24(35)13-31-25(36)19-12-17(29)9-10-20(19)30)28-34(3)21(26(37)39-28)14-33(15-22(34)27(38)40-28)18-7-5-4-6-8-18/h4-10,12,16,21-23H,11,13-15H2,1-3H3,(H,31,36)(H,32,35)/t21-,22-,23-,28?,34?/m0/s1. The van der Waals surface area contributed by atoms with Gasteiger partial charge < -0.3 is 29.2 Å². The summed E-state index contributed by atoms with van der Waals surface area (Å²) in [4.78, 5) is 54.5. The van der Waals surface area contributed by atoms with Crippen LogP contribution in [0.25, 0.3) is 0 Å². The highest BCUT2D eigenvalue weighted by molar-refractivity contribution is 6.68. The van der Waals surface area contributed by atoms with Gasteiger partial charge in [-0.25, -0.2) is 9.59 Å². The predicted octanol–water partition coefficient (Wildman–Crippen LogP) is 2.55. The fourth-order valence-corrected chi connectivity index (χ4v) is 6.71. The summed E-state index contributed by atoms with van der Waals surface area (Å²) in [6, 6.07) is 12.7. The van der Waals surface area contributed by atoms with E-state index in [0.717, 1.165) is 5.69 Å². The topological polar surface area (TPSA) is 114 Å². The summed E-state index contributed by atoms with van der Waals surface area (Å²) >= 11 is 12.1. The molecule has 3 heterocycles. The third kappa shape index (κ3) is 4.69. The van der Waals surface area contributed by atoms with Gasteiger partial charge in [-0.05, 0) is 42.7 Å². The summed E-state index contributed by atoms with van der Waals surface area (Å²) in [6.07, 6.45) is 0.385. The van der Waals surface area contributed by atoms with E-state index in [-0.39, 0.29) is 27.4 Å². The van der Waals surface area contributed by atoms with Crippen LogP contribution in [0.3, 0.4) is 0 Å². The number of amides is 2. The molecule has 0 aromatic heterocycles.